The standard InChI is InChI=1S/C12H8Cl2FN/c13-8-4-2-5-9(14)11(8)7-3-1-6-10(15)12(7)16/h1-6H,16H2. The zero-order valence-corrected chi connectivity index (χ0v) is 9.69. The Hall–Kier alpha value is -1.25. The number of anilines is 1. The van der Waals surface area contributed by atoms with Crippen LogP contribution in [0.15, 0.2) is 36.4 Å². The highest BCUT2D eigenvalue weighted by Crippen LogP contribution is 2.38. The minimum atomic E-state index is -0.478. The molecular formula is C12H8Cl2FN. The van der Waals surface area contributed by atoms with Crippen molar-refractivity contribution in [3.05, 3.63) is 52.3 Å². The Kier molecular flexibility index (Phi) is 3.03. The summed E-state index contributed by atoms with van der Waals surface area (Å²) in [5.41, 5.74) is 6.78. The van der Waals surface area contributed by atoms with Gasteiger partial charge in [-0.3, -0.25) is 0 Å². The molecule has 0 spiro atoms. The van der Waals surface area contributed by atoms with E-state index in [0.717, 1.165) is 0 Å². The van der Waals surface area contributed by atoms with E-state index >= 15 is 0 Å². The molecule has 2 aromatic rings. The molecule has 0 heterocycles. The molecule has 0 radical (unpaired) electrons. The molecular weight excluding hydrogens is 248 g/mol. The van der Waals surface area contributed by atoms with E-state index in [9.17, 15) is 4.39 Å². The summed E-state index contributed by atoms with van der Waals surface area (Å²) in [6, 6.07) is 9.65. The maximum Gasteiger partial charge on any atom is 0.146 e. The fourth-order valence-electron chi connectivity index (χ4n) is 1.51. The Labute approximate surface area is 103 Å². The molecule has 2 N–H and O–H groups in total. The van der Waals surface area contributed by atoms with Gasteiger partial charge in [0.15, 0.2) is 0 Å². The lowest BCUT2D eigenvalue weighted by Crippen LogP contribution is -1.95. The smallest absolute Gasteiger partial charge is 0.146 e. The van der Waals surface area contributed by atoms with Gasteiger partial charge in [0, 0.05) is 21.2 Å². The number of rotatable bonds is 1. The number of nitrogens with two attached hydrogens (primary N) is 1. The molecule has 0 aliphatic rings. The molecule has 0 bridgehead atoms. The van der Waals surface area contributed by atoms with Crippen molar-refractivity contribution in [3.63, 3.8) is 0 Å². The molecule has 82 valence electrons. The third-order valence-corrected chi connectivity index (χ3v) is 2.91. The first-order valence-electron chi connectivity index (χ1n) is 4.59. The van der Waals surface area contributed by atoms with Crippen molar-refractivity contribution in [2.75, 3.05) is 5.73 Å². The Morgan fingerprint density at radius 2 is 1.50 bits per heavy atom. The average molecular weight is 256 g/mol. The molecule has 16 heavy (non-hydrogen) atoms. The summed E-state index contributed by atoms with van der Waals surface area (Å²) in [5, 5.41) is 0.898. The lowest BCUT2D eigenvalue weighted by Gasteiger charge is -2.10. The first-order valence-corrected chi connectivity index (χ1v) is 5.35. The van der Waals surface area contributed by atoms with Gasteiger partial charge >= 0.3 is 0 Å². The van der Waals surface area contributed by atoms with E-state index in [4.69, 9.17) is 28.9 Å². The highest BCUT2D eigenvalue weighted by Gasteiger charge is 2.12. The van der Waals surface area contributed by atoms with Crippen molar-refractivity contribution in [3.8, 4) is 11.1 Å². The van der Waals surface area contributed by atoms with Crippen LogP contribution in [0.4, 0.5) is 10.1 Å². The highest BCUT2D eigenvalue weighted by atomic mass is 35.5. The van der Waals surface area contributed by atoms with Crippen molar-refractivity contribution in [2.24, 2.45) is 0 Å². The third kappa shape index (κ3) is 1.86. The predicted octanol–water partition coefficient (Wildman–Crippen LogP) is 4.38. The molecule has 0 saturated carbocycles. The van der Waals surface area contributed by atoms with Crippen molar-refractivity contribution in [1.29, 1.82) is 0 Å². The average Bonchev–Trinajstić information content (AvgIpc) is 2.24. The predicted molar refractivity (Wildman–Crippen MR) is 66.3 cm³/mol. The molecule has 0 atom stereocenters. The fraction of sp³-hybridized carbons (Fsp3) is 0. The highest BCUT2D eigenvalue weighted by molar-refractivity contribution is 6.39. The lowest BCUT2D eigenvalue weighted by atomic mass is 10.0. The third-order valence-electron chi connectivity index (χ3n) is 2.29. The van der Waals surface area contributed by atoms with Gasteiger partial charge in [0.1, 0.15) is 5.82 Å². The molecule has 0 aromatic heterocycles. The maximum atomic E-state index is 13.3. The molecule has 2 rings (SSSR count). The van der Waals surface area contributed by atoms with E-state index in [2.05, 4.69) is 0 Å². The molecule has 0 aliphatic heterocycles. The van der Waals surface area contributed by atoms with Crippen LogP contribution in [-0.4, -0.2) is 0 Å². The second kappa shape index (κ2) is 4.32. The maximum absolute atomic E-state index is 13.3. The minimum Gasteiger partial charge on any atom is -0.396 e. The Bertz CT molecular complexity index is 520. The first kappa shape index (κ1) is 11.2. The van der Waals surface area contributed by atoms with Crippen LogP contribution in [0.25, 0.3) is 11.1 Å². The molecule has 0 fully saturated rings. The van der Waals surface area contributed by atoms with Crippen molar-refractivity contribution >= 4 is 28.9 Å². The van der Waals surface area contributed by atoms with Crippen LogP contribution in [0.5, 0.6) is 0 Å². The van der Waals surface area contributed by atoms with Gasteiger partial charge in [-0.1, -0.05) is 41.4 Å². The second-order valence-corrected chi connectivity index (χ2v) is 4.11. The Balaban J connectivity index is 2.73. The zero-order chi connectivity index (χ0) is 11.7. The van der Waals surface area contributed by atoms with E-state index in [0.29, 0.717) is 21.2 Å². The molecule has 0 amide bonds. The normalized spacial score (nSPS) is 10.4. The van der Waals surface area contributed by atoms with Crippen LogP contribution < -0.4 is 5.73 Å². The van der Waals surface area contributed by atoms with Crippen LogP contribution in [0.1, 0.15) is 0 Å². The quantitative estimate of drug-likeness (QED) is 0.752. The van der Waals surface area contributed by atoms with Crippen LogP contribution >= 0.6 is 23.2 Å². The van der Waals surface area contributed by atoms with Crippen LogP contribution in [-0.2, 0) is 0 Å². The van der Waals surface area contributed by atoms with Gasteiger partial charge in [0.2, 0.25) is 0 Å². The van der Waals surface area contributed by atoms with Gasteiger partial charge in [0.05, 0.1) is 5.69 Å². The summed E-state index contributed by atoms with van der Waals surface area (Å²) >= 11 is 12.1. The van der Waals surface area contributed by atoms with Gasteiger partial charge < -0.3 is 5.73 Å². The summed E-state index contributed by atoms with van der Waals surface area (Å²) < 4.78 is 13.3. The topological polar surface area (TPSA) is 26.0 Å². The SMILES string of the molecule is Nc1c(F)cccc1-c1c(Cl)cccc1Cl. The van der Waals surface area contributed by atoms with Crippen molar-refractivity contribution in [2.45, 2.75) is 0 Å². The second-order valence-electron chi connectivity index (χ2n) is 3.30. The van der Waals surface area contributed by atoms with E-state index in [1.807, 2.05) is 0 Å². The first-order chi connectivity index (χ1) is 7.61. The van der Waals surface area contributed by atoms with Gasteiger partial charge in [-0.05, 0) is 18.2 Å². The summed E-state index contributed by atoms with van der Waals surface area (Å²) in [7, 11) is 0. The summed E-state index contributed by atoms with van der Waals surface area (Å²) in [6.07, 6.45) is 0. The van der Waals surface area contributed by atoms with E-state index in [-0.39, 0.29) is 5.69 Å². The molecule has 0 unspecified atom stereocenters. The number of benzene rings is 2. The Morgan fingerprint density at radius 1 is 0.938 bits per heavy atom. The van der Waals surface area contributed by atoms with Crippen LogP contribution in [0.3, 0.4) is 0 Å². The molecule has 1 nitrogen and oxygen atoms in total. The van der Waals surface area contributed by atoms with Crippen molar-refractivity contribution < 1.29 is 4.39 Å². The van der Waals surface area contributed by atoms with E-state index < -0.39 is 5.82 Å². The monoisotopic (exact) mass is 255 g/mol. The number of hydrogen-bond donors (Lipinski definition) is 1. The molecule has 4 heteroatoms. The fourth-order valence-corrected chi connectivity index (χ4v) is 2.11. The summed E-state index contributed by atoms with van der Waals surface area (Å²) in [6.45, 7) is 0. The molecule has 0 saturated heterocycles. The summed E-state index contributed by atoms with van der Waals surface area (Å²) in [5.74, 6) is -0.478. The van der Waals surface area contributed by atoms with Gasteiger partial charge in [0.25, 0.3) is 0 Å². The zero-order valence-electron chi connectivity index (χ0n) is 8.18. The molecule has 0 aliphatic carbocycles. The van der Waals surface area contributed by atoms with Crippen molar-refractivity contribution in [1.82, 2.24) is 0 Å². The van der Waals surface area contributed by atoms with Gasteiger partial charge in [-0.15, -0.1) is 0 Å². The van der Waals surface area contributed by atoms with Crippen LogP contribution in [0, 0.1) is 5.82 Å². The lowest BCUT2D eigenvalue weighted by molar-refractivity contribution is 0.633. The number of halogens is 3. The van der Waals surface area contributed by atoms with Gasteiger partial charge in [-0.2, -0.15) is 0 Å². The van der Waals surface area contributed by atoms with Crippen LogP contribution in [0.2, 0.25) is 10.0 Å². The van der Waals surface area contributed by atoms with E-state index in [1.54, 1.807) is 30.3 Å². The number of hydrogen-bond acceptors (Lipinski definition) is 1. The Morgan fingerprint density at radius 3 is 2.12 bits per heavy atom. The number of para-hydroxylation sites is 1. The number of nitrogen functional groups attached to an aromatic ring is 1. The largest absolute Gasteiger partial charge is 0.396 e. The summed E-state index contributed by atoms with van der Waals surface area (Å²) in [4.78, 5) is 0. The molecule has 2 aromatic carbocycles. The van der Waals surface area contributed by atoms with Gasteiger partial charge in [-0.25, -0.2) is 4.39 Å². The van der Waals surface area contributed by atoms with E-state index in [1.165, 1.54) is 6.07 Å². The minimum absolute atomic E-state index is 0.0532.